The van der Waals surface area contributed by atoms with Crippen LogP contribution in [0.4, 0.5) is 0 Å². The van der Waals surface area contributed by atoms with Crippen molar-refractivity contribution < 1.29 is 4.79 Å². The number of hydrogen-bond donors (Lipinski definition) is 1. The highest BCUT2D eigenvalue weighted by molar-refractivity contribution is 9.10. The van der Waals surface area contributed by atoms with E-state index in [9.17, 15) is 4.79 Å². The van der Waals surface area contributed by atoms with Crippen molar-refractivity contribution >= 4 is 33.4 Å². The van der Waals surface area contributed by atoms with Crippen molar-refractivity contribution in [3.05, 3.63) is 27.5 Å². The molecule has 0 radical (unpaired) electrons. The molecule has 1 aromatic rings. The van der Waals surface area contributed by atoms with Crippen molar-refractivity contribution in [3.8, 4) is 0 Å². The van der Waals surface area contributed by atoms with Crippen molar-refractivity contribution in [2.75, 3.05) is 0 Å². The number of halogens is 2. The summed E-state index contributed by atoms with van der Waals surface area (Å²) in [6.45, 7) is 0. The number of aromatic nitrogens is 1. The van der Waals surface area contributed by atoms with E-state index in [2.05, 4.69) is 26.2 Å². The van der Waals surface area contributed by atoms with E-state index in [0.29, 0.717) is 16.8 Å². The predicted octanol–water partition coefficient (Wildman–Crippen LogP) is 2.39. The Balaban J connectivity index is 2.17. The van der Waals surface area contributed by atoms with E-state index in [1.54, 1.807) is 12.3 Å². The normalized spacial score (nSPS) is 15.3. The quantitative estimate of drug-likeness (QED) is 0.900. The van der Waals surface area contributed by atoms with Gasteiger partial charge in [0.15, 0.2) is 0 Å². The molecule has 1 saturated carbocycles. The Morgan fingerprint density at radius 2 is 2.36 bits per heavy atom. The second kappa shape index (κ2) is 3.87. The Morgan fingerprint density at radius 3 is 2.93 bits per heavy atom. The number of amides is 1. The molecule has 0 aromatic carbocycles. The number of hydrogen-bond acceptors (Lipinski definition) is 2. The van der Waals surface area contributed by atoms with Crippen LogP contribution < -0.4 is 5.32 Å². The van der Waals surface area contributed by atoms with Gasteiger partial charge < -0.3 is 5.32 Å². The van der Waals surface area contributed by atoms with E-state index in [4.69, 9.17) is 11.6 Å². The maximum atomic E-state index is 11.6. The largest absolute Gasteiger partial charge is 0.348 e. The molecule has 0 unspecified atom stereocenters. The number of carbonyl (C=O) groups is 1. The molecule has 1 aromatic heterocycles. The van der Waals surface area contributed by atoms with Gasteiger partial charge in [0, 0.05) is 16.7 Å². The molecular weight excluding hydrogens is 267 g/mol. The first kappa shape index (κ1) is 9.93. The summed E-state index contributed by atoms with van der Waals surface area (Å²) in [7, 11) is 0. The van der Waals surface area contributed by atoms with Crippen LogP contribution in [0.25, 0.3) is 0 Å². The molecule has 5 heteroatoms. The summed E-state index contributed by atoms with van der Waals surface area (Å²) >= 11 is 9.10. The average molecular weight is 276 g/mol. The van der Waals surface area contributed by atoms with E-state index in [-0.39, 0.29) is 5.91 Å². The lowest BCUT2D eigenvalue weighted by atomic mass is 10.3. The fraction of sp³-hybridized carbons (Fsp3) is 0.333. The highest BCUT2D eigenvalue weighted by Crippen LogP contribution is 2.22. The third kappa shape index (κ3) is 2.25. The van der Waals surface area contributed by atoms with Gasteiger partial charge in [-0.25, -0.2) is 4.98 Å². The van der Waals surface area contributed by atoms with Crippen molar-refractivity contribution in [1.29, 1.82) is 0 Å². The van der Waals surface area contributed by atoms with E-state index in [0.717, 1.165) is 17.3 Å². The van der Waals surface area contributed by atoms with Crippen LogP contribution in [0.15, 0.2) is 16.7 Å². The smallest absolute Gasteiger partial charge is 0.271 e. The fourth-order valence-corrected chi connectivity index (χ4v) is 1.78. The first-order valence-electron chi connectivity index (χ1n) is 4.29. The highest BCUT2D eigenvalue weighted by atomic mass is 79.9. The lowest BCUT2D eigenvalue weighted by Gasteiger charge is -2.04. The van der Waals surface area contributed by atoms with Crippen LogP contribution in [0.2, 0.25) is 5.02 Å². The van der Waals surface area contributed by atoms with Gasteiger partial charge in [-0.1, -0.05) is 11.6 Å². The van der Waals surface area contributed by atoms with Crippen LogP contribution in [0, 0.1) is 0 Å². The summed E-state index contributed by atoms with van der Waals surface area (Å²) in [5.41, 5.74) is 0.293. The summed E-state index contributed by atoms with van der Waals surface area (Å²) in [6.07, 6.45) is 3.67. The maximum Gasteiger partial charge on any atom is 0.271 e. The average Bonchev–Trinajstić information content (AvgIpc) is 2.87. The third-order valence-electron chi connectivity index (χ3n) is 1.94. The van der Waals surface area contributed by atoms with Crippen molar-refractivity contribution in [2.24, 2.45) is 0 Å². The SMILES string of the molecule is O=C(NC1CC1)c1ncc(Br)cc1Cl. The van der Waals surface area contributed by atoms with Gasteiger partial charge >= 0.3 is 0 Å². The summed E-state index contributed by atoms with van der Waals surface area (Å²) in [4.78, 5) is 15.5. The fourth-order valence-electron chi connectivity index (χ4n) is 1.06. The summed E-state index contributed by atoms with van der Waals surface area (Å²) in [5, 5.41) is 3.20. The second-order valence-electron chi connectivity index (χ2n) is 3.23. The minimum absolute atomic E-state index is 0.190. The number of nitrogens with one attached hydrogen (secondary N) is 1. The number of carbonyl (C=O) groups excluding carboxylic acids is 1. The van der Waals surface area contributed by atoms with Crippen molar-refractivity contribution in [2.45, 2.75) is 18.9 Å². The topological polar surface area (TPSA) is 42.0 Å². The summed E-state index contributed by atoms with van der Waals surface area (Å²) in [5.74, 6) is -0.190. The lowest BCUT2D eigenvalue weighted by molar-refractivity contribution is 0.0946. The third-order valence-corrected chi connectivity index (χ3v) is 2.66. The van der Waals surface area contributed by atoms with Crippen LogP contribution in [0.3, 0.4) is 0 Å². The molecule has 0 spiro atoms. The maximum absolute atomic E-state index is 11.6. The Morgan fingerprint density at radius 1 is 1.64 bits per heavy atom. The molecule has 3 nitrogen and oxygen atoms in total. The molecule has 1 N–H and O–H groups in total. The Hall–Kier alpha value is -0.610. The lowest BCUT2D eigenvalue weighted by Crippen LogP contribution is -2.26. The Kier molecular flexibility index (Phi) is 2.74. The number of pyridine rings is 1. The van der Waals surface area contributed by atoms with Gasteiger partial charge in [0.1, 0.15) is 5.69 Å². The van der Waals surface area contributed by atoms with Crippen LogP contribution in [0.1, 0.15) is 23.3 Å². The van der Waals surface area contributed by atoms with Gasteiger partial charge in [-0.15, -0.1) is 0 Å². The zero-order valence-corrected chi connectivity index (χ0v) is 9.60. The number of rotatable bonds is 2. The van der Waals surface area contributed by atoms with E-state index >= 15 is 0 Å². The van der Waals surface area contributed by atoms with Crippen LogP contribution >= 0.6 is 27.5 Å². The van der Waals surface area contributed by atoms with E-state index in [1.165, 1.54) is 0 Å². The minimum Gasteiger partial charge on any atom is -0.348 e. The van der Waals surface area contributed by atoms with Gasteiger partial charge in [0.2, 0.25) is 0 Å². The molecule has 14 heavy (non-hydrogen) atoms. The predicted molar refractivity (Wildman–Crippen MR) is 57.4 cm³/mol. The second-order valence-corrected chi connectivity index (χ2v) is 4.55. The molecule has 0 bridgehead atoms. The van der Waals surface area contributed by atoms with Crippen molar-refractivity contribution in [1.82, 2.24) is 10.3 Å². The molecule has 74 valence electrons. The molecule has 1 heterocycles. The highest BCUT2D eigenvalue weighted by Gasteiger charge is 2.25. The van der Waals surface area contributed by atoms with Gasteiger partial charge in [0.05, 0.1) is 5.02 Å². The minimum atomic E-state index is -0.190. The summed E-state index contributed by atoms with van der Waals surface area (Å²) in [6, 6.07) is 1.99. The standard InChI is InChI=1S/C9H8BrClN2O/c10-5-3-7(11)8(12-4-5)9(14)13-6-1-2-6/h3-4,6H,1-2H2,(H,13,14). The molecule has 0 atom stereocenters. The molecule has 2 rings (SSSR count). The Labute approximate surface area is 95.0 Å². The first-order valence-corrected chi connectivity index (χ1v) is 5.46. The van der Waals surface area contributed by atoms with Gasteiger partial charge in [-0.2, -0.15) is 0 Å². The molecule has 1 aliphatic rings. The van der Waals surface area contributed by atoms with Crippen LogP contribution in [0.5, 0.6) is 0 Å². The molecule has 0 aliphatic heterocycles. The van der Waals surface area contributed by atoms with E-state index in [1.807, 2.05) is 0 Å². The van der Waals surface area contributed by atoms with Gasteiger partial charge in [-0.3, -0.25) is 4.79 Å². The van der Waals surface area contributed by atoms with E-state index < -0.39 is 0 Å². The first-order chi connectivity index (χ1) is 6.66. The monoisotopic (exact) mass is 274 g/mol. The van der Waals surface area contributed by atoms with Crippen LogP contribution in [-0.2, 0) is 0 Å². The summed E-state index contributed by atoms with van der Waals surface area (Å²) < 4.78 is 0.769. The van der Waals surface area contributed by atoms with Crippen LogP contribution in [-0.4, -0.2) is 16.9 Å². The molecule has 1 fully saturated rings. The Bertz CT molecular complexity index is 379. The van der Waals surface area contributed by atoms with Crippen molar-refractivity contribution in [3.63, 3.8) is 0 Å². The molecule has 1 aliphatic carbocycles. The number of nitrogens with zero attached hydrogens (tertiary/aromatic N) is 1. The van der Waals surface area contributed by atoms with Gasteiger partial charge in [0.25, 0.3) is 5.91 Å². The molecular formula is C9H8BrClN2O. The zero-order chi connectivity index (χ0) is 10.1. The molecule has 1 amide bonds. The molecule has 0 saturated heterocycles. The van der Waals surface area contributed by atoms with Gasteiger partial charge in [-0.05, 0) is 34.8 Å². The zero-order valence-electron chi connectivity index (χ0n) is 7.26.